The highest BCUT2D eigenvalue weighted by molar-refractivity contribution is 6.02. The number of urea groups is 1. The van der Waals surface area contributed by atoms with E-state index in [1.165, 1.54) is 18.5 Å². The highest BCUT2D eigenvalue weighted by atomic mass is 16.5. The minimum absolute atomic E-state index is 0.00667. The van der Waals surface area contributed by atoms with Crippen LogP contribution in [0, 0.1) is 11.8 Å². The van der Waals surface area contributed by atoms with Gasteiger partial charge in [0.25, 0.3) is 0 Å². The van der Waals surface area contributed by atoms with Gasteiger partial charge in [-0.2, -0.15) is 0 Å². The number of benzene rings is 2. The van der Waals surface area contributed by atoms with Crippen molar-refractivity contribution in [1.82, 2.24) is 10.4 Å². The van der Waals surface area contributed by atoms with Crippen molar-refractivity contribution in [3.63, 3.8) is 0 Å². The molecule has 0 saturated heterocycles. The third-order valence-corrected chi connectivity index (χ3v) is 8.90. The number of carbonyl (C=O) groups is 4. The first-order valence-corrected chi connectivity index (χ1v) is 15.4. The maximum atomic E-state index is 14.2. The molecule has 3 aliphatic rings. The molecule has 1 heterocycles. The first kappa shape index (κ1) is 29.8. The van der Waals surface area contributed by atoms with Gasteiger partial charge in [-0.3, -0.25) is 19.3 Å². The van der Waals surface area contributed by atoms with E-state index in [1.807, 2.05) is 24.3 Å². The number of esters is 1. The normalized spacial score (nSPS) is 20.0. The lowest BCUT2D eigenvalue weighted by atomic mass is 9.81. The zero-order chi connectivity index (χ0) is 29.5. The maximum absolute atomic E-state index is 14.2. The zero-order valence-electron chi connectivity index (χ0n) is 24.5. The van der Waals surface area contributed by atoms with Crippen LogP contribution in [0.15, 0.2) is 48.5 Å². The van der Waals surface area contributed by atoms with E-state index in [4.69, 9.17) is 4.74 Å². The summed E-state index contributed by atoms with van der Waals surface area (Å²) in [6, 6.07) is 14.3. The van der Waals surface area contributed by atoms with Gasteiger partial charge in [0.1, 0.15) is 6.54 Å². The summed E-state index contributed by atoms with van der Waals surface area (Å²) in [4.78, 5) is 54.3. The molecule has 2 aliphatic carbocycles. The van der Waals surface area contributed by atoms with Crippen molar-refractivity contribution >= 4 is 35.1 Å². The molecule has 0 bridgehead atoms. The number of anilines is 2. The zero-order valence-corrected chi connectivity index (χ0v) is 24.5. The summed E-state index contributed by atoms with van der Waals surface area (Å²) in [5, 5.41) is 4.26. The lowest BCUT2D eigenvalue weighted by Gasteiger charge is -2.33. The van der Waals surface area contributed by atoms with Gasteiger partial charge >= 0.3 is 12.0 Å². The number of Topliss-reactive ketones (excluding diaryl/α,β-unsaturated/α-hetero) is 1. The molecule has 2 N–H and O–H groups in total. The molecule has 224 valence electrons. The number of methoxy groups -OCH3 is 1. The molecule has 1 unspecified atom stereocenters. The first-order valence-electron chi connectivity index (χ1n) is 15.4. The summed E-state index contributed by atoms with van der Waals surface area (Å²) in [7, 11) is 1.34. The van der Waals surface area contributed by atoms with Crippen LogP contribution < -0.4 is 15.6 Å². The van der Waals surface area contributed by atoms with Crippen molar-refractivity contribution in [2.45, 2.75) is 76.7 Å². The van der Waals surface area contributed by atoms with Gasteiger partial charge in [-0.05, 0) is 60.9 Å². The van der Waals surface area contributed by atoms with E-state index in [2.05, 4.69) is 10.7 Å². The standard InChI is InChI=1S/C33H42N4O5/c1-42-31(40)20-23-11-10-16-26(19-23)34-30(39)22-37-33(41)36(21-29(38)24-12-4-2-5-13-24)28-18-9-8-17-27(28)32(35-37)25-14-6-3-7-15-25/h8-11,16-19,24-25,32,35H,2-7,12-15,20-22H2,1H3,(H,34,39). The van der Waals surface area contributed by atoms with Crippen LogP contribution in [0.2, 0.25) is 0 Å². The highest BCUT2D eigenvalue weighted by Crippen LogP contribution is 2.40. The summed E-state index contributed by atoms with van der Waals surface area (Å²) in [5.74, 6) is -0.381. The topological polar surface area (TPSA) is 108 Å². The molecule has 0 aromatic heterocycles. The van der Waals surface area contributed by atoms with E-state index in [-0.39, 0.29) is 49.1 Å². The maximum Gasteiger partial charge on any atom is 0.339 e. The Balaban J connectivity index is 1.40. The van der Waals surface area contributed by atoms with Gasteiger partial charge in [-0.15, -0.1) is 0 Å². The van der Waals surface area contributed by atoms with Crippen LogP contribution in [0.1, 0.15) is 81.4 Å². The van der Waals surface area contributed by atoms with Crippen LogP contribution in [0.25, 0.3) is 0 Å². The molecule has 1 aliphatic heterocycles. The number of nitrogens with zero attached hydrogens (tertiary/aromatic N) is 2. The van der Waals surface area contributed by atoms with Gasteiger partial charge in [0.2, 0.25) is 5.91 Å². The van der Waals surface area contributed by atoms with Crippen molar-refractivity contribution in [2.24, 2.45) is 11.8 Å². The van der Waals surface area contributed by atoms with Crippen molar-refractivity contribution in [1.29, 1.82) is 0 Å². The van der Waals surface area contributed by atoms with E-state index >= 15 is 0 Å². The third-order valence-electron chi connectivity index (χ3n) is 8.90. The molecular weight excluding hydrogens is 532 g/mol. The smallest absolute Gasteiger partial charge is 0.339 e. The molecule has 42 heavy (non-hydrogen) atoms. The summed E-state index contributed by atoms with van der Waals surface area (Å²) in [6.45, 7) is -0.237. The molecule has 0 radical (unpaired) electrons. The summed E-state index contributed by atoms with van der Waals surface area (Å²) >= 11 is 0. The lowest BCUT2D eigenvalue weighted by molar-refractivity contribution is -0.139. The number of amides is 3. The molecule has 9 nitrogen and oxygen atoms in total. The number of fused-ring (bicyclic) bond motifs is 1. The fourth-order valence-electron chi connectivity index (χ4n) is 6.68. The Labute approximate surface area is 247 Å². The number of para-hydroxylation sites is 1. The van der Waals surface area contributed by atoms with Gasteiger partial charge < -0.3 is 10.1 Å². The van der Waals surface area contributed by atoms with Gasteiger partial charge in [-0.1, -0.05) is 68.9 Å². The Bertz CT molecular complexity index is 1280. The number of ketones is 1. The third kappa shape index (κ3) is 7.18. The molecule has 2 aromatic carbocycles. The Kier molecular flexibility index (Phi) is 9.89. The van der Waals surface area contributed by atoms with Crippen LogP contribution >= 0.6 is 0 Å². The van der Waals surface area contributed by atoms with E-state index < -0.39 is 6.03 Å². The SMILES string of the molecule is COC(=O)Cc1cccc(NC(=O)CN2NC(C3CCCCC3)c3ccccc3N(CC(=O)C3CCCCC3)C2=O)c1. The highest BCUT2D eigenvalue weighted by Gasteiger charge is 2.38. The van der Waals surface area contributed by atoms with Gasteiger partial charge in [0, 0.05) is 11.6 Å². The van der Waals surface area contributed by atoms with Crippen LogP contribution in [0.5, 0.6) is 0 Å². The monoisotopic (exact) mass is 574 g/mol. The van der Waals surface area contributed by atoms with Crippen LogP contribution in [-0.4, -0.2) is 48.9 Å². The summed E-state index contributed by atoms with van der Waals surface area (Å²) in [5.41, 5.74) is 6.42. The number of hydrogen-bond donors (Lipinski definition) is 2. The largest absolute Gasteiger partial charge is 0.469 e. The van der Waals surface area contributed by atoms with Crippen molar-refractivity contribution in [3.8, 4) is 0 Å². The Morgan fingerprint density at radius 3 is 2.36 bits per heavy atom. The predicted molar refractivity (Wildman–Crippen MR) is 161 cm³/mol. The molecule has 1 atom stereocenters. The minimum Gasteiger partial charge on any atom is -0.469 e. The number of ether oxygens (including phenoxy) is 1. The van der Waals surface area contributed by atoms with Crippen molar-refractivity contribution < 1.29 is 23.9 Å². The average molecular weight is 575 g/mol. The van der Waals surface area contributed by atoms with Crippen LogP contribution in [-0.2, 0) is 25.5 Å². The number of carbonyl (C=O) groups excluding carboxylic acids is 4. The molecular formula is C33H42N4O5. The molecule has 3 amide bonds. The Morgan fingerprint density at radius 2 is 1.62 bits per heavy atom. The second-order valence-corrected chi connectivity index (χ2v) is 11.8. The quantitative estimate of drug-likeness (QED) is 0.380. The van der Waals surface area contributed by atoms with Gasteiger partial charge in [0.05, 0.1) is 31.8 Å². The van der Waals surface area contributed by atoms with E-state index in [0.717, 1.165) is 69.0 Å². The molecule has 5 rings (SSSR count). The minimum atomic E-state index is -0.403. The van der Waals surface area contributed by atoms with E-state index in [9.17, 15) is 19.2 Å². The summed E-state index contributed by atoms with van der Waals surface area (Å²) in [6.07, 6.45) is 10.6. The van der Waals surface area contributed by atoms with Crippen LogP contribution in [0.3, 0.4) is 0 Å². The molecule has 0 spiro atoms. The Morgan fingerprint density at radius 1 is 0.905 bits per heavy atom. The Hall–Kier alpha value is -3.72. The molecule has 2 fully saturated rings. The van der Waals surface area contributed by atoms with Crippen LogP contribution in [0.4, 0.5) is 16.2 Å². The number of hydrazine groups is 1. The molecule has 2 saturated carbocycles. The fourth-order valence-corrected chi connectivity index (χ4v) is 6.68. The van der Waals surface area contributed by atoms with Crippen molar-refractivity contribution in [3.05, 3.63) is 59.7 Å². The molecule has 2 aromatic rings. The van der Waals surface area contributed by atoms with Gasteiger partial charge in [-0.25, -0.2) is 15.2 Å². The number of nitrogens with one attached hydrogen (secondary N) is 2. The second kappa shape index (κ2) is 14.0. The first-order chi connectivity index (χ1) is 20.4. The van der Waals surface area contributed by atoms with Crippen molar-refractivity contribution in [2.75, 3.05) is 30.4 Å². The lowest BCUT2D eigenvalue weighted by Crippen LogP contribution is -2.53. The van der Waals surface area contributed by atoms with E-state index in [1.54, 1.807) is 29.2 Å². The fraction of sp³-hybridized carbons (Fsp3) is 0.515. The predicted octanol–water partition coefficient (Wildman–Crippen LogP) is 5.56. The van der Waals surface area contributed by atoms with E-state index in [0.29, 0.717) is 17.2 Å². The second-order valence-electron chi connectivity index (χ2n) is 11.8. The number of rotatable bonds is 9. The molecule has 9 heteroatoms. The number of hydrogen-bond acceptors (Lipinski definition) is 6. The van der Waals surface area contributed by atoms with Gasteiger partial charge in [0.15, 0.2) is 5.78 Å². The average Bonchev–Trinajstić information content (AvgIpc) is 3.12. The summed E-state index contributed by atoms with van der Waals surface area (Å²) < 4.78 is 4.75.